The molecule has 0 N–H and O–H groups in total. The molecule has 0 heterocycles. The summed E-state index contributed by atoms with van der Waals surface area (Å²) in [5.74, 6) is 3.89. The molecule has 0 radical (unpaired) electrons. The van der Waals surface area contributed by atoms with Crippen LogP contribution >= 0.6 is 0 Å². The minimum atomic E-state index is 0.0892. The highest BCUT2D eigenvalue weighted by Crippen LogP contribution is 2.61. The molecule has 0 amide bonds. The maximum atomic E-state index is 11.8. The van der Waals surface area contributed by atoms with E-state index >= 15 is 0 Å². The topological polar surface area (TPSA) is 26.3 Å². The largest absolute Gasteiger partial charge is 0.466 e. The maximum absolute atomic E-state index is 11.8. The summed E-state index contributed by atoms with van der Waals surface area (Å²) >= 11 is 0. The third-order valence-corrected chi connectivity index (χ3v) is 5.07. The van der Waals surface area contributed by atoms with Crippen molar-refractivity contribution in [2.24, 2.45) is 29.6 Å². The fourth-order valence-corrected chi connectivity index (χ4v) is 4.38. The Morgan fingerprint density at radius 3 is 2.67 bits per heavy atom. The van der Waals surface area contributed by atoms with Gasteiger partial charge in [0.15, 0.2) is 0 Å². The first-order chi connectivity index (χ1) is 7.31. The quantitative estimate of drug-likeness (QED) is 0.652. The number of hydrogen-bond acceptors (Lipinski definition) is 2. The molecule has 2 heteroatoms. The number of carbonyl (C=O) groups excluding carboxylic acids is 1. The average Bonchev–Trinajstić information content (AvgIpc) is 2.22. The van der Waals surface area contributed by atoms with Crippen molar-refractivity contribution in [1.82, 2.24) is 0 Å². The van der Waals surface area contributed by atoms with Crippen molar-refractivity contribution < 1.29 is 9.53 Å². The molecule has 3 aliphatic carbocycles. The highest BCUT2D eigenvalue weighted by atomic mass is 16.5. The third kappa shape index (κ3) is 1.33. The molecule has 3 saturated carbocycles. The van der Waals surface area contributed by atoms with E-state index in [-0.39, 0.29) is 11.9 Å². The first-order valence-electron chi connectivity index (χ1n) is 6.48. The van der Waals surface area contributed by atoms with E-state index in [4.69, 9.17) is 4.74 Å². The van der Waals surface area contributed by atoms with Gasteiger partial charge in [-0.25, -0.2) is 0 Å². The van der Waals surface area contributed by atoms with Crippen LogP contribution in [0.15, 0.2) is 0 Å². The predicted molar refractivity (Wildman–Crippen MR) is 57.2 cm³/mol. The van der Waals surface area contributed by atoms with E-state index in [1.807, 2.05) is 6.92 Å². The van der Waals surface area contributed by atoms with Gasteiger partial charge in [0.2, 0.25) is 0 Å². The van der Waals surface area contributed by atoms with E-state index < -0.39 is 0 Å². The lowest BCUT2D eigenvalue weighted by Crippen LogP contribution is -2.53. The van der Waals surface area contributed by atoms with Crippen LogP contribution in [0.1, 0.15) is 39.0 Å². The number of fused-ring (bicyclic) bond motifs is 2. The van der Waals surface area contributed by atoms with E-state index in [9.17, 15) is 4.79 Å². The number of ether oxygens (including phenoxy) is 1. The van der Waals surface area contributed by atoms with E-state index in [1.54, 1.807) is 0 Å². The highest BCUT2D eigenvalue weighted by Gasteiger charge is 2.54. The van der Waals surface area contributed by atoms with Crippen molar-refractivity contribution in [2.75, 3.05) is 6.61 Å². The van der Waals surface area contributed by atoms with Gasteiger partial charge in [-0.3, -0.25) is 4.79 Å². The molecule has 0 spiro atoms. The van der Waals surface area contributed by atoms with Crippen LogP contribution < -0.4 is 0 Å². The van der Waals surface area contributed by atoms with Crippen LogP contribution in [-0.2, 0) is 9.53 Å². The van der Waals surface area contributed by atoms with E-state index in [0.29, 0.717) is 12.5 Å². The molecule has 5 atom stereocenters. The van der Waals surface area contributed by atoms with Gasteiger partial charge in [0, 0.05) is 0 Å². The van der Waals surface area contributed by atoms with Crippen LogP contribution in [0.5, 0.6) is 0 Å². The SMILES string of the molecule is CCOC(=O)[C@@H]1CCC2C3C[C@@H]2CCC31. The number of hydrogen-bond donors (Lipinski definition) is 0. The fourth-order valence-electron chi connectivity index (χ4n) is 4.38. The van der Waals surface area contributed by atoms with E-state index in [1.165, 1.54) is 25.7 Å². The van der Waals surface area contributed by atoms with Gasteiger partial charge >= 0.3 is 5.97 Å². The molecule has 0 saturated heterocycles. The van der Waals surface area contributed by atoms with Crippen LogP contribution in [0.2, 0.25) is 0 Å². The monoisotopic (exact) mass is 208 g/mol. The molecule has 3 rings (SSSR count). The lowest BCUT2D eigenvalue weighted by atomic mass is 9.46. The van der Waals surface area contributed by atoms with E-state index in [2.05, 4.69) is 0 Å². The third-order valence-electron chi connectivity index (χ3n) is 5.07. The molecule has 3 aliphatic rings. The summed E-state index contributed by atoms with van der Waals surface area (Å²) in [7, 11) is 0. The van der Waals surface area contributed by atoms with Gasteiger partial charge in [-0.1, -0.05) is 0 Å². The van der Waals surface area contributed by atoms with Crippen molar-refractivity contribution in [3.8, 4) is 0 Å². The molecule has 2 nitrogen and oxygen atoms in total. The smallest absolute Gasteiger partial charge is 0.309 e. The lowest BCUT2D eigenvalue weighted by Gasteiger charge is -2.58. The molecule has 15 heavy (non-hydrogen) atoms. The highest BCUT2D eigenvalue weighted by molar-refractivity contribution is 5.73. The molecule has 3 fully saturated rings. The first-order valence-corrected chi connectivity index (χ1v) is 6.48. The Bertz CT molecular complexity index is 272. The molecule has 84 valence electrons. The zero-order chi connectivity index (χ0) is 10.4. The van der Waals surface area contributed by atoms with Crippen molar-refractivity contribution in [2.45, 2.75) is 39.0 Å². The second-order valence-corrected chi connectivity index (χ2v) is 5.50. The number of rotatable bonds is 2. The summed E-state index contributed by atoms with van der Waals surface area (Å²) in [6, 6.07) is 0. The van der Waals surface area contributed by atoms with Gasteiger partial charge in [-0.05, 0) is 62.7 Å². The minimum absolute atomic E-state index is 0.0892. The lowest BCUT2D eigenvalue weighted by molar-refractivity contribution is -0.164. The number of carbonyl (C=O) groups is 1. The fraction of sp³-hybridized carbons (Fsp3) is 0.923. The summed E-state index contributed by atoms with van der Waals surface area (Å²) < 4.78 is 5.20. The molecule has 0 aromatic heterocycles. The second kappa shape index (κ2) is 3.50. The molecule has 2 bridgehead atoms. The van der Waals surface area contributed by atoms with Crippen molar-refractivity contribution in [3.63, 3.8) is 0 Å². The molecular formula is C13H20O2. The Balaban J connectivity index is 1.72. The number of esters is 1. The Hall–Kier alpha value is -0.530. The van der Waals surface area contributed by atoms with Crippen LogP contribution in [0, 0.1) is 29.6 Å². The normalized spacial score (nSPS) is 46.9. The van der Waals surface area contributed by atoms with Crippen molar-refractivity contribution >= 4 is 5.97 Å². The maximum Gasteiger partial charge on any atom is 0.309 e. The van der Waals surface area contributed by atoms with Crippen LogP contribution in [-0.4, -0.2) is 12.6 Å². The summed E-state index contributed by atoms with van der Waals surface area (Å²) in [6.07, 6.45) is 6.46. The summed E-state index contributed by atoms with van der Waals surface area (Å²) in [5, 5.41) is 0. The Morgan fingerprint density at radius 1 is 1.13 bits per heavy atom. The zero-order valence-corrected chi connectivity index (χ0v) is 9.45. The van der Waals surface area contributed by atoms with E-state index in [0.717, 1.165) is 24.2 Å². The van der Waals surface area contributed by atoms with Crippen LogP contribution in [0.3, 0.4) is 0 Å². The Kier molecular flexibility index (Phi) is 2.26. The molecule has 0 aromatic rings. The van der Waals surface area contributed by atoms with Gasteiger partial charge < -0.3 is 4.74 Å². The summed E-state index contributed by atoms with van der Waals surface area (Å²) in [5.41, 5.74) is 0. The van der Waals surface area contributed by atoms with Crippen LogP contribution in [0.25, 0.3) is 0 Å². The van der Waals surface area contributed by atoms with Crippen molar-refractivity contribution in [1.29, 1.82) is 0 Å². The predicted octanol–water partition coefficient (Wildman–Crippen LogP) is 2.62. The molecule has 0 aliphatic heterocycles. The van der Waals surface area contributed by atoms with Gasteiger partial charge in [0.05, 0.1) is 12.5 Å². The van der Waals surface area contributed by atoms with Crippen molar-refractivity contribution in [3.05, 3.63) is 0 Å². The van der Waals surface area contributed by atoms with Gasteiger partial charge in [-0.15, -0.1) is 0 Å². The molecule has 3 unspecified atom stereocenters. The van der Waals surface area contributed by atoms with Gasteiger partial charge in [-0.2, -0.15) is 0 Å². The first kappa shape index (κ1) is 9.68. The Labute approximate surface area is 91.4 Å². The standard InChI is InChI=1S/C13H20O2/c1-2-15-13(14)11-6-5-9-8-3-4-10(11)12(9)7-8/h8-12H,2-7H2,1H3/t8-,9?,10?,11+,12?/m0/s1. The zero-order valence-electron chi connectivity index (χ0n) is 9.45. The molecule has 0 aromatic carbocycles. The summed E-state index contributed by atoms with van der Waals surface area (Å²) in [4.78, 5) is 11.8. The second-order valence-electron chi connectivity index (χ2n) is 5.50. The Morgan fingerprint density at radius 2 is 1.93 bits per heavy atom. The molecular weight excluding hydrogens is 188 g/mol. The van der Waals surface area contributed by atoms with Gasteiger partial charge in [0.25, 0.3) is 0 Å². The van der Waals surface area contributed by atoms with Crippen LogP contribution in [0.4, 0.5) is 0 Å². The van der Waals surface area contributed by atoms with Gasteiger partial charge in [0.1, 0.15) is 0 Å². The minimum Gasteiger partial charge on any atom is -0.466 e. The average molecular weight is 208 g/mol. The summed E-state index contributed by atoms with van der Waals surface area (Å²) in [6.45, 7) is 2.45.